The number of aromatic nitrogens is 4. The van der Waals surface area contributed by atoms with Crippen LogP contribution < -0.4 is 18.3 Å². The van der Waals surface area contributed by atoms with E-state index in [1.165, 1.54) is 83.2 Å². The summed E-state index contributed by atoms with van der Waals surface area (Å²) in [4.78, 5) is 0. The minimum absolute atomic E-state index is 0.0161. The van der Waals surface area contributed by atoms with Gasteiger partial charge in [0, 0.05) is 136 Å². The van der Waals surface area contributed by atoms with Gasteiger partial charge >= 0.3 is 0 Å². The van der Waals surface area contributed by atoms with Crippen molar-refractivity contribution in [3.63, 3.8) is 0 Å². The molecule has 22 aromatic rings. The van der Waals surface area contributed by atoms with Crippen LogP contribution in [0.3, 0.4) is 0 Å². The first kappa shape index (κ1) is 73.8. The Balaban J connectivity index is 0.000000112. The van der Waals surface area contributed by atoms with Crippen LogP contribution in [0.1, 0.15) is 172 Å². The Hall–Kier alpha value is -14.0. The fourth-order valence-corrected chi connectivity index (χ4v) is 21.0. The molecular formula is C122H116N4O6+4. The van der Waals surface area contributed by atoms with Crippen LogP contribution in [0.2, 0.25) is 0 Å². The maximum Gasteiger partial charge on any atom is 0.216 e. The summed E-state index contributed by atoms with van der Waals surface area (Å²) >= 11 is 0. The van der Waals surface area contributed by atoms with Gasteiger partial charge in [0.25, 0.3) is 0 Å². The van der Waals surface area contributed by atoms with Crippen molar-refractivity contribution in [1.29, 1.82) is 0 Å². The molecule has 0 aliphatic heterocycles. The van der Waals surface area contributed by atoms with E-state index in [4.69, 9.17) is 40.2 Å². The van der Waals surface area contributed by atoms with Crippen LogP contribution >= 0.6 is 0 Å². The summed E-state index contributed by atoms with van der Waals surface area (Å²) in [5, 5.41) is 12.7. The molecule has 656 valence electrons. The Kier molecular flexibility index (Phi) is 17.2. The van der Waals surface area contributed by atoms with E-state index in [1.54, 1.807) is 43.8 Å². The maximum atomic E-state index is 9.03. The molecule has 12 aromatic carbocycles. The van der Waals surface area contributed by atoms with Crippen LogP contribution in [0.15, 0.2) is 270 Å². The van der Waals surface area contributed by atoms with E-state index >= 15 is 0 Å². The van der Waals surface area contributed by atoms with Crippen molar-refractivity contribution >= 4 is 132 Å². The number of benzene rings is 12. The van der Waals surface area contributed by atoms with Gasteiger partial charge in [-0.25, -0.2) is 18.3 Å². The minimum atomic E-state index is -2.46. The Morgan fingerprint density at radius 3 is 1.14 bits per heavy atom. The van der Waals surface area contributed by atoms with Crippen molar-refractivity contribution in [2.75, 3.05) is 0 Å². The van der Waals surface area contributed by atoms with E-state index in [0.29, 0.717) is 22.4 Å². The molecule has 2 aliphatic carbocycles. The van der Waals surface area contributed by atoms with Gasteiger partial charge in [-0.15, -0.1) is 0 Å². The summed E-state index contributed by atoms with van der Waals surface area (Å²) in [5.41, 5.74) is 36.8. The molecule has 2 aliphatic rings. The van der Waals surface area contributed by atoms with Crippen molar-refractivity contribution < 1.29 is 58.5 Å². The second kappa shape index (κ2) is 30.8. The maximum absolute atomic E-state index is 9.03. The fraction of sp³-hybridized carbons (Fsp3) is 0.246. The summed E-state index contributed by atoms with van der Waals surface area (Å²) in [6.45, 7) is 32.3. The number of aryl methyl sites for hydroxylation is 14. The van der Waals surface area contributed by atoms with Gasteiger partial charge in [-0.3, -0.25) is 0 Å². The van der Waals surface area contributed by atoms with E-state index in [2.05, 4.69) is 243 Å². The summed E-state index contributed by atoms with van der Waals surface area (Å²) in [7, 11) is 7.80. The van der Waals surface area contributed by atoms with Crippen LogP contribution in [-0.4, -0.2) is 0 Å². The molecule has 0 bridgehead atoms. The van der Waals surface area contributed by atoms with Gasteiger partial charge in [0.2, 0.25) is 22.8 Å². The van der Waals surface area contributed by atoms with Crippen molar-refractivity contribution in [3.8, 4) is 67.3 Å². The molecule has 0 saturated heterocycles. The van der Waals surface area contributed by atoms with Gasteiger partial charge in [-0.2, -0.15) is 0 Å². The normalized spacial score (nSPS) is 14.9. The van der Waals surface area contributed by atoms with Crippen LogP contribution in [0.4, 0.5) is 0 Å². The standard InChI is InChI=1S/C34H36NO.C31H30NO2.C30H28NO.C27H22NO2/c1-20-13-14-24-26-16-28-25(23-11-9-10-12-27(23)34(28,6)7)17-30(26)36-32(24)31(20)29-15-22(18-33(3,4)5)21(2)19-35(29)8;1-18-11-12-22-24-15-27-23(21-9-7-8-10-26(21)33-27)14-28(24)34-30(22)29(18)25-13-19(2)20(17-32(25)6)16-31(3,4)5;1-17-11-12-21-28-25(32-29(21)26(17)24-15-18(2)19(3)16-31(24)6)14-13-23-27(28)20-9-7-8-10-22(20)30(23,4)5;1-15-9-10-19-21-13-24-20(18-7-5-6-8-23(18)29-24)12-25(21)30-27(19)26(15)22-11-16(2)17(3)14-28(22)4/h9-17,19H,18H2,1-8H3;7-15,17H,16H2,1-6H3;7-16H,1-6H3;5-14H,1-4H3/q4*+1/i2D3,18D2;16D2;;3D3. The molecule has 24 rings (SSSR count). The average Bonchev–Trinajstić information content (AvgIpc) is 1.54. The second-order valence-electron chi connectivity index (χ2n) is 40.1. The van der Waals surface area contributed by atoms with Crippen molar-refractivity contribution in [2.24, 2.45) is 39.0 Å². The largest absolute Gasteiger partial charge is 0.456 e. The molecule has 0 fully saturated rings. The quantitative estimate of drug-likeness (QED) is 0.154. The summed E-state index contributed by atoms with van der Waals surface area (Å²) in [6.07, 6.45) is 4.06. The SMILES string of the molecule is Cc1cc(-c2c(C)ccc3c2oc2ccc4c(c23)-c2ccccc2C4(C)C)[n+](C)cc1C.[2H]C([2H])([2H])c1c[n+](C)c(-c2c(C)ccc3c2oc2cc4c(cc23)C(C)(C)c2ccccc2-4)cc1C([2H])([2H])C(C)(C)C.[2H]C([2H])([2H])c1c[n+](C)c(-c2c(C)ccc3c2oc2cc4c(cc23)oc2ccccc24)cc1C.[2H]C([2H])(c1c[n+](C)c(-c2c(C)ccc3c2oc2cc4c(cc23)oc2ccccc24)cc1C)C(C)(C)C. The van der Waals surface area contributed by atoms with Gasteiger partial charge < -0.3 is 26.5 Å². The zero-order valence-electron chi connectivity index (χ0n) is 89.3. The minimum Gasteiger partial charge on any atom is -0.456 e. The molecule has 0 saturated carbocycles. The third-order valence-electron chi connectivity index (χ3n) is 27.8. The highest BCUT2D eigenvalue weighted by Gasteiger charge is 2.40. The number of hydrogen-bond donors (Lipinski definition) is 0. The molecule has 10 heteroatoms. The zero-order chi connectivity index (χ0) is 101. The first-order valence-electron chi connectivity index (χ1n) is 50.7. The van der Waals surface area contributed by atoms with Crippen LogP contribution in [0.25, 0.3) is 199 Å². The van der Waals surface area contributed by atoms with Crippen LogP contribution in [0, 0.1) is 79.9 Å². The summed E-state index contributed by atoms with van der Waals surface area (Å²) in [6, 6.07) is 75.7. The van der Waals surface area contributed by atoms with Gasteiger partial charge in [-0.05, 0) is 236 Å². The number of pyridine rings is 4. The Labute approximate surface area is 786 Å². The van der Waals surface area contributed by atoms with E-state index in [0.717, 1.165) is 171 Å². The average molecular weight is 1740 g/mol. The number of fused-ring (bicyclic) bond motifs is 25. The predicted molar refractivity (Wildman–Crippen MR) is 545 cm³/mol. The van der Waals surface area contributed by atoms with E-state index in [-0.39, 0.29) is 22.0 Å². The predicted octanol–water partition coefficient (Wildman–Crippen LogP) is 31.0. The molecule has 0 amide bonds. The number of rotatable bonds is 6. The van der Waals surface area contributed by atoms with Crippen LogP contribution in [-0.2, 0) is 51.8 Å². The molecule has 0 N–H and O–H groups in total. The fourth-order valence-electron chi connectivity index (χ4n) is 21.0. The van der Waals surface area contributed by atoms with Gasteiger partial charge in [0.1, 0.15) is 95.2 Å². The molecule has 0 spiro atoms. The number of para-hydroxylation sites is 2. The highest BCUT2D eigenvalue weighted by atomic mass is 16.4. The molecule has 0 radical (unpaired) electrons. The molecular weight excluding hydrogens is 1620 g/mol. The third kappa shape index (κ3) is 13.8. The topological polar surface area (TPSA) is 94.4 Å². The Morgan fingerprint density at radius 2 is 0.636 bits per heavy atom. The van der Waals surface area contributed by atoms with E-state index < -0.39 is 37.3 Å². The number of furan rings is 6. The van der Waals surface area contributed by atoms with Gasteiger partial charge in [0.15, 0.2) is 24.8 Å². The van der Waals surface area contributed by atoms with E-state index in [9.17, 15) is 0 Å². The van der Waals surface area contributed by atoms with Gasteiger partial charge in [-0.1, -0.05) is 209 Å². The lowest BCUT2D eigenvalue weighted by Crippen LogP contribution is -2.32. The molecule has 0 atom stereocenters. The number of hydrogen-bond acceptors (Lipinski definition) is 6. The van der Waals surface area contributed by atoms with Crippen LogP contribution in [0.5, 0.6) is 0 Å². The lowest BCUT2D eigenvalue weighted by Gasteiger charge is -2.21. The lowest BCUT2D eigenvalue weighted by atomic mass is 9.82. The lowest BCUT2D eigenvalue weighted by molar-refractivity contribution is -0.661. The molecule has 0 unspecified atom stereocenters. The van der Waals surface area contributed by atoms with Crippen molar-refractivity contribution in [1.82, 2.24) is 0 Å². The van der Waals surface area contributed by atoms with E-state index in [1.807, 2.05) is 127 Å². The summed E-state index contributed by atoms with van der Waals surface area (Å²) < 4.78 is 130. The Morgan fingerprint density at radius 1 is 0.265 bits per heavy atom. The smallest absolute Gasteiger partial charge is 0.216 e. The molecule has 10 aromatic heterocycles. The molecule has 10 heterocycles. The third-order valence-corrected chi connectivity index (χ3v) is 27.8. The second-order valence-corrected chi connectivity index (χ2v) is 40.1. The van der Waals surface area contributed by atoms with Crippen molar-refractivity contribution in [3.05, 3.63) is 332 Å². The monoisotopic (exact) mass is 1740 g/mol. The van der Waals surface area contributed by atoms with Gasteiger partial charge in [0.05, 0.1) is 22.3 Å². The van der Waals surface area contributed by atoms with Crippen molar-refractivity contribution in [2.45, 2.75) is 162 Å². The first-order chi connectivity index (χ1) is 66.9. The molecule has 132 heavy (non-hydrogen) atoms. The molecule has 10 nitrogen and oxygen atoms in total. The summed E-state index contributed by atoms with van der Waals surface area (Å²) in [5.74, 6) is 0. The first-order valence-corrected chi connectivity index (χ1v) is 45.7. The highest BCUT2D eigenvalue weighted by Crippen LogP contribution is 2.56. The zero-order valence-corrected chi connectivity index (χ0v) is 79.3. The number of nitrogens with zero attached hydrogens (tertiary/aromatic N) is 4. The highest BCUT2D eigenvalue weighted by molar-refractivity contribution is 6.21. The Bertz CT molecular complexity index is 9140.